The van der Waals surface area contributed by atoms with Gasteiger partial charge in [-0.3, -0.25) is 4.79 Å². The Morgan fingerprint density at radius 2 is 2.00 bits per heavy atom. The molecule has 0 radical (unpaired) electrons. The minimum atomic E-state index is 0.152. The van der Waals surface area contributed by atoms with E-state index >= 15 is 0 Å². The van der Waals surface area contributed by atoms with Crippen LogP contribution in [-0.2, 0) is 4.79 Å². The number of piperidine rings is 1. The molecule has 4 heteroatoms. The molecule has 2 N–H and O–H groups in total. The summed E-state index contributed by atoms with van der Waals surface area (Å²) in [7, 11) is 1.87. The van der Waals surface area contributed by atoms with Gasteiger partial charge >= 0.3 is 0 Å². The van der Waals surface area contributed by atoms with Crippen LogP contribution in [0, 0.1) is 0 Å². The van der Waals surface area contributed by atoms with Crippen LogP contribution < -0.4 is 10.6 Å². The maximum atomic E-state index is 11.5. The lowest BCUT2D eigenvalue weighted by molar-refractivity contribution is -0.121. The quantitative estimate of drug-likeness (QED) is 0.698. The highest BCUT2D eigenvalue weighted by atomic mass is 16.1. The van der Waals surface area contributed by atoms with Gasteiger partial charge in [-0.2, -0.15) is 0 Å². The lowest BCUT2D eigenvalue weighted by atomic mass is 10.1. The summed E-state index contributed by atoms with van der Waals surface area (Å²) in [6.45, 7) is 6.22. The van der Waals surface area contributed by atoms with Crippen molar-refractivity contribution in [3.05, 3.63) is 0 Å². The van der Waals surface area contributed by atoms with E-state index in [4.69, 9.17) is 0 Å². The van der Waals surface area contributed by atoms with Crippen LogP contribution in [0.15, 0.2) is 0 Å². The molecule has 1 fully saturated rings. The fraction of sp³-hybridized carbons (Fsp3) is 0.917. The Morgan fingerprint density at radius 1 is 1.31 bits per heavy atom. The zero-order valence-electron chi connectivity index (χ0n) is 10.6. The number of rotatable bonds is 6. The Hall–Kier alpha value is -0.610. The highest BCUT2D eigenvalue weighted by Gasteiger charge is 2.14. The summed E-state index contributed by atoms with van der Waals surface area (Å²) in [5.41, 5.74) is 0. The molecule has 1 amide bonds. The zero-order chi connectivity index (χ0) is 11.8. The summed E-state index contributed by atoms with van der Waals surface area (Å²) in [5, 5.41) is 6.02. The van der Waals surface area contributed by atoms with Crippen LogP contribution in [0.5, 0.6) is 0 Å². The second-order valence-electron chi connectivity index (χ2n) is 4.68. The molecule has 1 rings (SSSR count). The summed E-state index contributed by atoms with van der Waals surface area (Å²) in [6, 6.07) is 0.266. The van der Waals surface area contributed by atoms with Gasteiger partial charge in [0.2, 0.25) is 5.91 Å². The van der Waals surface area contributed by atoms with Gasteiger partial charge in [-0.05, 0) is 39.9 Å². The SMILES string of the molecule is CNCCC(=O)NC(C)CN1CCCCC1. The van der Waals surface area contributed by atoms with Crippen LogP contribution in [-0.4, -0.2) is 50.1 Å². The molecule has 1 saturated heterocycles. The minimum absolute atomic E-state index is 0.152. The van der Waals surface area contributed by atoms with Crippen molar-refractivity contribution in [2.45, 2.75) is 38.6 Å². The van der Waals surface area contributed by atoms with Crippen LogP contribution in [0.4, 0.5) is 0 Å². The monoisotopic (exact) mass is 227 g/mol. The molecule has 0 saturated carbocycles. The standard InChI is InChI=1S/C12H25N3O/c1-11(14-12(16)6-7-13-2)10-15-8-4-3-5-9-15/h11,13H,3-10H2,1-2H3,(H,14,16). The molecule has 1 aliphatic heterocycles. The van der Waals surface area contributed by atoms with Crippen molar-refractivity contribution >= 4 is 5.91 Å². The first-order valence-electron chi connectivity index (χ1n) is 6.38. The van der Waals surface area contributed by atoms with E-state index in [0.717, 1.165) is 13.1 Å². The Kier molecular flexibility index (Phi) is 6.42. The van der Waals surface area contributed by atoms with Crippen LogP contribution >= 0.6 is 0 Å². The average molecular weight is 227 g/mol. The third-order valence-electron chi connectivity index (χ3n) is 2.99. The number of hydrogen-bond donors (Lipinski definition) is 2. The number of amides is 1. The molecule has 0 aromatic heterocycles. The van der Waals surface area contributed by atoms with E-state index < -0.39 is 0 Å². The summed E-state index contributed by atoms with van der Waals surface area (Å²) < 4.78 is 0. The maximum Gasteiger partial charge on any atom is 0.221 e. The van der Waals surface area contributed by atoms with Gasteiger partial charge in [-0.25, -0.2) is 0 Å². The highest BCUT2D eigenvalue weighted by Crippen LogP contribution is 2.08. The number of likely N-dealkylation sites (tertiary alicyclic amines) is 1. The van der Waals surface area contributed by atoms with E-state index in [1.54, 1.807) is 0 Å². The predicted molar refractivity (Wildman–Crippen MR) is 66.4 cm³/mol. The number of nitrogens with one attached hydrogen (secondary N) is 2. The summed E-state index contributed by atoms with van der Waals surface area (Å²) in [4.78, 5) is 13.9. The van der Waals surface area contributed by atoms with Gasteiger partial charge < -0.3 is 15.5 Å². The first-order chi connectivity index (χ1) is 7.72. The minimum Gasteiger partial charge on any atom is -0.352 e. The number of nitrogens with zero attached hydrogens (tertiary/aromatic N) is 1. The highest BCUT2D eigenvalue weighted by molar-refractivity contribution is 5.76. The Bertz CT molecular complexity index is 202. The van der Waals surface area contributed by atoms with Crippen molar-refractivity contribution in [3.8, 4) is 0 Å². The van der Waals surface area contributed by atoms with E-state index in [1.807, 2.05) is 7.05 Å². The smallest absolute Gasteiger partial charge is 0.221 e. The molecule has 94 valence electrons. The molecule has 1 unspecified atom stereocenters. The Labute approximate surface area is 98.8 Å². The summed E-state index contributed by atoms with van der Waals surface area (Å²) >= 11 is 0. The largest absolute Gasteiger partial charge is 0.352 e. The fourth-order valence-electron chi connectivity index (χ4n) is 2.16. The molecule has 1 heterocycles. The number of hydrogen-bond acceptors (Lipinski definition) is 3. The van der Waals surface area contributed by atoms with E-state index in [2.05, 4.69) is 22.5 Å². The van der Waals surface area contributed by atoms with Gasteiger partial charge in [-0.15, -0.1) is 0 Å². The third-order valence-corrected chi connectivity index (χ3v) is 2.99. The topological polar surface area (TPSA) is 44.4 Å². The summed E-state index contributed by atoms with van der Waals surface area (Å²) in [6.07, 6.45) is 4.54. The van der Waals surface area contributed by atoms with Gasteiger partial charge in [0, 0.05) is 25.6 Å². The van der Waals surface area contributed by atoms with Gasteiger partial charge in [0.05, 0.1) is 0 Å². The molecule has 0 spiro atoms. The second-order valence-corrected chi connectivity index (χ2v) is 4.68. The lowest BCUT2D eigenvalue weighted by Crippen LogP contribution is -2.44. The van der Waals surface area contributed by atoms with Crippen molar-refractivity contribution in [3.63, 3.8) is 0 Å². The normalized spacial score (nSPS) is 19.4. The van der Waals surface area contributed by atoms with E-state index in [1.165, 1.54) is 32.4 Å². The van der Waals surface area contributed by atoms with E-state index in [-0.39, 0.29) is 11.9 Å². The number of carbonyl (C=O) groups excluding carboxylic acids is 1. The van der Waals surface area contributed by atoms with E-state index in [9.17, 15) is 4.79 Å². The predicted octanol–water partition coefficient (Wildman–Crippen LogP) is 0.587. The Balaban J connectivity index is 2.13. The fourth-order valence-corrected chi connectivity index (χ4v) is 2.16. The van der Waals surface area contributed by atoms with Crippen molar-refractivity contribution in [2.75, 3.05) is 33.2 Å². The van der Waals surface area contributed by atoms with Crippen LogP contribution in [0.1, 0.15) is 32.6 Å². The first-order valence-corrected chi connectivity index (χ1v) is 6.38. The van der Waals surface area contributed by atoms with Gasteiger partial charge in [0.25, 0.3) is 0 Å². The molecule has 0 aromatic rings. The van der Waals surface area contributed by atoms with Crippen molar-refractivity contribution in [1.82, 2.24) is 15.5 Å². The van der Waals surface area contributed by atoms with Crippen molar-refractivity contribution < 1.29 is 4.79 Å². The van der Waals surface area contributed by atoms with Gasteiger partial charge in [0.1, 0.15) is 0 Å². The molecule has 1 aliphatic rings. The lowest BCUT2D eigenvalue weighted by Gasteiger charge is -2.29. The molecular formula is C12H25N3O. The van der Waals surface area contributed by atoms with E-state index in [0.29, 0.717) is 6.42 Å². The molecule has 0 aromatic carbocycles. The van der Waals surface area contributed by atoms with Crippen molar-refractivity contribution in [1.29, 1.82) is 0 Å². The Morgan fingerprint density at radius 3 is 2.62 bits per heavy atom. The van der Waals surface area contributed by atoms with Crippen LogP contribution in [0.3, 0.4) is 0 Å². The van der Waals surface area contributed by atoms with Gasteiger partial charge in [0.15, 0.2) is 0 Å². The third kappa shape index (κ3) is 5.47. The number of carbonyl (C=O) groups is 1. The van der Waals surface area contributed by atoms with Crippen LogP contribution in [0.2, 0.25) is 0 Å². The van der Waals surface area contributed by atoms with Crippen molar-refractivity contribution in [2.24, 2.45) is 0 Å². The zero-order valence-corrected chi connectivity index (χ0v) is 10.6. The molecule has 16 heavy (non-hydrogen) atoms. The second kappa shape index (κ2) is 7.63. The average Bonchev–Trinajstić information content (AvgIpc) is 2.27. The first kappa shape index (κ1) is 13.5. The molecule has 0 aliphatic carbocycles. The molecule has 1 atom stereocenters. The van der Waals surface area contributed by atoms with Crippen LogP contribution in [0.25, 0.3) is 0 Å². The molecule has 4 nitrogen and oxygen atoms in total. The molecule has 0 bridgehead atoms. The molecular weight excluding hydrogens is 202 g/mol. The summed E-state index contributed by atoms with van der Waals surface area (Å²) in [5.74, 6) is 0.152. The maximum absolute atomic E-state index is 11.5. The van der Waals surface area contributed by atoms with Gasteiger partial charge in [-0.1, -0.05) is 6.42 Å².